The van der Waals surface area contributed by atoms with Crippen molar-refractivity contribution < 1.29 is 4.42 Å². The average Bonchev–Trinajstić information content (AvgIpc) is 2.96. The first-order valence-corrected chi connectivity index (χ1v) is 5.82. The zero-order chi connectivity index (χ0) is 12.5. The molecule has 0 aliphatic rings. The molecule has 0 aliphatic carbocycles. The van der Waals surface area contributed by atoms with E-state index in [0.717, 1.165) is 22.4 Å². The maximum Gasteiger partial charge on any atom is 0.212 e. The summed E-state index contributed by atoms with van der Waals surface area (Å²) in [5.41, 5.74) is 9.84. The van der Waals surface area contributed by atoms with Gasteiger partial charge in [-0.2, -0.15) is 0 Å². The van der Waals surface area contributed by atoms with Crippen molar-refractivity contribution in [2.45, 2.75) is 19.4 Å². The van der Waals surface area contributed by atoms with Gasteiger partial charge in [-0.15, -0.1) is 0 Å². The van der Waals surface area contributed by atoms with Crippen molar-refractivity contribution in [2.24, 2.45) is 5.73 Å². The van der Waals surface area contributed by atoms with E-state index < -0.39 is 0 Å². The number of nitrogens with two attached hydrogens (primary N) is 1. The van der Waals surface area contributed by atoms with Crippen molar-refractivity contribution in [3.63, 3.8) is 0 Å². The Morgan fingerprint density at radius 3 is 3.11 bits per heavy atom. The lowest BCUT2D eigenvalue weighted by atomic mass is 10.2. The summed E-state index contributed by atoms with van der Waals surface area (Å²) in [6, 6.07) is 5.64. The fourth-order valence-electron chi connectivity index (χ4n) is 1.93. The fourth-order valence-corrected chi connectivity index (χ4v) is 1.93. The molecule has 0 amide bonds. The Balaban J connectivity index is 1.89. The van der Waals surface area contributed by atoms with Gasteiger partial charge in [0.05, 0.1) is 12.4 Å². The number of aromatic amines is 1. The molecular formula is C13H14N4O. The topological polar surface area (TPSA) is 80.7 Å². The number of nitrogens with one attached hydrogen (secondary N) is 1. The van der Waals surface area contributed by atoms with E-state index in [1.807, 2.05) is 25.1 Å². The summed E-state index contributed by atoms with van der Waals surface area (Å²) >= 11 is 0. The number of hydrogen-bond acceptors (Lipinski definition) is 4. The SMILES string of the molecule is Cc1ccc2oc(C(N)Cc3cnc[nH]3)nc2c1. The van der Waals surface area contributed by atoms with Crippen LogP contribution in [0.5, 0.6) is 0 Å². The third kappa shape index (κ3) is 2.00. The van der Waals surface area contributed by atoms with E-state index in [9.17, 15) is 0 Å². The van der Waals surface area contributed by atoms with Crippen LogP contribution in [0.1, 0.15) is 23.2 Å². The molecule has 0 fully saturated rings. The normalized spacial score (nSPS) is 13.0. The number of fused-ring (bicyclic) bond motifs is 1. The molecule has 2 heterocycles. The Labute approximate surface area is 104 Å². The van der Waals surface area contributed by atoms with Gasteiger partial charge in [0, 0.05) is 18.3 Å². The van der Waals surface area contributed by atoms with Gasteiger partial charge in [0.2, 0.25) is 5.89 Å². The maximum atomic E-state index is 6.08. The van der Waals surface area contributed by atoms with E-state index in [1.165, 1.54) is 0 Å². The van der Waals surface area contributed by atoms with Gasteiger partial charge in [-0.1, -0.05) is 6.07 Å². The highest BCUT2D eigenvalue weighted by Crippen LogP contribution is 2.21. The van der Waals surface area contributed by atoms with E-state index in [2.05, 4.69) is 15.0 Å². The van der Waals surface area contributed by atoms with Gasteiger partial charge in [0.1, 0.15) is 5.52 Å². The molecule has 0 aliphatic heterocycles. The summed E-state index contributed by atoms with van der Waals surface area (Å²) in [7, 11) is 0. The van der Waals surface area contributed by atoms with Gasteiger partial charge in [-0.3, -0.25) is 0 Å². The number of aromatic nitrogens is 3. The Bertz CT molecular complexity index is 657. The lowest BCUT2D eigenvalue weighted by Gasteiger charge is -2.04. The third-order valence-corrected chi connectivity index (χ3v) is 2.87. The van der Waals surface area contributed by atoms with Crippen LogP contribution in [-0.4, -0.2) is 15.0 Å². The highest BCUT2D eigenvalue weighted by atomic mass is 16.3. The lowest BCUT2D eigenvalue weighted by molar-refractivity contribution is 0.472. The predicted molar refractivity (Wildman–Crippen MR) is 68.0 cm³/mol. The van der Waals surface area contributed by atoms with Gasteiger partial charge >= 0.3 is 0 Å². The number of benzene rings is 1. The zero-order valence-electron chi connectivity index (χ0n) is 10.1. The van der Waals surface area contributed by atoms with E-state index in [4.69, 9.17) is 10.2 Å². The number of hydrogen-bond donors (Lipinski definition) is 2. The minimum atomic E-state index is -0.266. The first kappa shape index (κ1) is 11.0. The first-order valence-electron chi connectivity index (χ1n) is 5.82. The van der Waals surface area contributed by atoms with Crippen LogP contribution in [0.25, 0.3) is 11.1 Å². The Hall–Kier alpha value is -2.14. The second-order valence-electron chi connectivity index (χ2n) is 4.41. The van der Waals surface area contributed by atoms with E-state index in [1.54, 1.807) is 12.5 Å². The van der Waals surface area contributed by atoms with Gasteiger partial charge in [0.25, 0.3) is 0 Å². The fraction of sp³-hybridized carbons (Fsp3) is 0.231. The van der Waals surface area contributed by atoms with Crippen LogP contribution in [0.3, 0.4) is 0 Å². The number of nitrogens with zero attached hydrogens (tertiary/aromatic N) is 2. The molecule has 0 bridgehead atoms. The van der Waals surface area contributed by atoms with Crippen molar-refractivity contribution in [2.75, 3.05) is 0 Å². The molecule has 1 unspecified atom stereocenters. The number of aryl methyl sites for hydroxylation is 1. The number of oxazole rings is 1. The highest BCUT2D eigenvalue weighted by Gasteiger charge is 2.15. The molecule has 5 heteroatoms. The molecular weight excluding hydrogens is 228 g/mol. The minimum absolute atomic E-state index is 0.266. The largest absolute Gasteiger partial charge is 0.439 e. The summed E-state index contributed by atoms with van der Waals surface area (Å²) < 4.78 is 5.66. The Morgan fingerprint density at radius 2 is 2.33 bits per heavy atom. The van der Waals surface area contributed by atoms with Crippen molar-refractivity contribution in [3.05, 3.63) is 47.9 Å². The lowest BCUT2D eigenvalue weighted by Crippen LogP contribution is -2.13. The summed E-state index contributed by atoms with van der Waals surface area (Å²) in [4.78, 5) is 11.4. The molecule has 1 aromatic carbocycles. The number of rotatable bonds is 3. The predicted octanol–water partition coefficient (Wildman–Crippen LogP) is 2.10. The summed E-state index contributed by atoms with van der Waals surface area (Å²) in [6.45, 7) is 2.03. The molecule has 0 spiro atoms. The molecule has 5 nitrogen and oxygen atoms in total. The van der Waals surface area contributed by atoms with Crippen LogP contribution in [0.2, 0.25) is 0 Å². The number of H-pyrrole nitrogens is 1. The van der Waals surface area contributed by atoms with Crippen LogP contribution in [0.15, 0.2) is 35.1 Å². The molecule has 3 N–H and O–H groups in total. The maximum absolute atomic E-state index is 6.08. The Morgan fingerprint density at radius 1 is 1.44 bits per heavy atom. The quantitative estimate of drug-likeness (QED) is 0.737. The smallest absolute Gasteiger partial charge is 0.212 e. The number of imidazole rings is 1. The monoisotopic (exact) mass is 242 g/mol. The summed E-state index contributed by atoms with van der Waals surface area (Å²) in [5.74, 6) is 0.560. The average molecular weight is 242 g/mol. The van der Waals surface area contributed by atoms with Crippen molar-refractivity contribution in [1.82, 2.24) is 15.0 Å². The second kappa shape index (κ2) is 4.27. The van der Waals surface area contributed by atoms with Crippen LogP contribution in [0.4, 0.5) is 0 Å². The molecule has 92 valence electrons. The first-order chi connectivity index (χ1) is 8.72. The van der Waals surface area contributed by atoms with E-state index in [0.29, 0.717) is 12.3 Å². The van der Waals surface area contributed by atoms with Crippen molar-refractivity contribution in [3.8, 4) is 0 Å². The van der Waals surface area contributed by atoms with E-state index in [-0.39, 0.29) is 6.04 Å². The molecule has 3 aromatic rings. The zero-order valence-corrected chi connectivity index (χ0v) is 10.1. The molecule has 3 rings (SSSR count). The summed E-state index contributed by atoms with van der Waals surface area (Å²) in [6.07, 6.45) is 4.02. The van der Waals surface area contributed by atoms with Crippen molar-refractivity contribution >= 4 is 11.1 Å². The van der Waals surface area contributed by atoms with E-state index >= 15 is 0 Å². The van der Waals surface area contributed by atoms with Crippen LogP contribution in [-0.2, 0) is 6.42 Å². The third-order valence-electron chi connectivity index (χ3n) is 2.87. The van der Waals surface area contributed by atoms with Crippen LogP contribution >= 0.6 is 0 Å². The molecule has 1 atom stereocenters. The molecule has 0 saturated carbocycles. The van der Waals surface area contributed by atoms with Gasteiger partial charge in [0.15, 0.2) is 5.58 Å². The minimum Gasteiger partial charge on any atom is -0.439 e. The van der Waals surface area contributed by atoms with Gasteiger partial charge in [-0.05, 0) is 24.6 Å². The Kier molecular flexibility index (Phi) is 2.60. The molecule has 2 aromatic heterocycles. The molecule has 0 radical (unpaired) electrons. The second-order valence-corrected chi connectivity index (χ2v) is 4.41. The molecule has 0 saturated heterocycles. The van der Waals surface area contributed by atoms with Crippen LogP contribution < -0.4 is 5.73 Å². The highest BCUT2D eigenvalue weighted by molar-refractivity contribution is 5.73. The van der Waals surface area contributed by atoms with Gasteiger partial charge in [-0.25, -0.2) is 9.97 Å². The standard InChI is InChI=1S/C13H14N4O/c1-8-2-3-12-11(4-8)17-13(18-12)10(14)5-9-6-15-7-16-9/h2-4,6-7,10H,5,14H2,1H3,(H,15,16). The molecule has 18 heavy (non-hydrogen) atoms. The summed E-state index contributed by atoms with van der Waals surface area (Å²) in [5, 5.41) is 0. The van der Waals surface area contributed by atoms with Crippen molar-refractivity contribution in [1.29, 1.82) is 0 Å². The van der Waals surface area contributed by atoms with Gasteiger partial charge < -0.3 is 15.1 Å². The van der Waals surface area contributed by atoms with Crippen LogP contribution in [0, 0.1) is 6.92 Å².